The van der Waals surface area contributed by atoms with Crippen molar-refractivity contribution in [3.05, 3.63) is 144 Å². The molecule has 1 amide bonds. The first-order chi connectivity index (χ1) is 20.3. The highest BCUT2D eigenvalue weighted by Crippen LogP contribution is 2.26. The van der Waals surface area contributed by atoms with Crippen LogP contribution < -0.4 is 5.32 Å². The number of nitriles is 1. The summed E-state index contributed by atoms with van der Waals surface area (Å²) in [4.78, 5) is 14.8. The summed E-state index contributed by atoms with van der Waals surface area (Å²) in [6.45, 7) is 8.87. The van der Waals surface area contributed by atoms with E-state index in [1.54, 1.807) is 42.3 Å². The minimum atomic E-state index is -0.287. The maximum absolute atomic E-state index is 13.3. The third kappa shape index (κ3) is 8.70. The predicted molar refractivity (Wildman–Crippen MR) is 167 cm³/mol. The van der Waals surface area contributed by atoms with Crippen LogP contribution in [0.4, 0.5) is 8.78 Å². The van der Waals surface area contributed by atoms with Crippen LogP contribution in [0.5, 0.6) is 0 Å². The van der Waals surface area contributed by atoms with Crippen molar-refractivity contribution in [2.45, 2.75) is 24.7 Å². The largest absolute Gasteiger partial charge is 0.341 e. The third-order valence-electron chi connectivity index (χ3n) is 7.10. The van der Waals surface area contributed by atoms with Gasteiger partial charge in [0, 0.05) is 31.6 Å². The molecule has 216 valence electrons. The maximum Gasteiger partial charge on any atom is 0.254 e. The van der Waals surface area contributed by atoms with E-state index in [9.17, 15) is 18.8 Å². The van der Waals surface area contributed by atoms with Crippen LogP contribution in [0.2, 0.25) is 0 Å². The molecular weight excluding hydrogens is 528 g/mol. The van der Waals surface area contributed by atoms with Gasteiger partial charge in [0.15, 0.2) is 0 Å². The van der Waals surface area contributed by atoms with E-state index < -0.39 is 0 Å². The lowest BCUT2D eigenvalue weighted by molar-refractivity contribution is 0.0788. The molecule has 42 heavy (non-hydrogen) atoms. The number of carbonyl (C=O) groups excluding carboxylic acids is 1. The lowest BCUT2D eigenvalue weighted by Crippen LogP contribution is -2.31. The summed E-state index contributed by atoms with van der Waals surface area (Å²) >= 11 is 0. The normalized spacial score (nSPS) is 11.9. The third-order valence-corrected chi connectivity index (χ3v) is 7.10. The first-order valence-corrected chi connectivity index (χ1v) is 13.9. The number of amides is 1. The van der Waals surface area contributed by atoms with Gasteiger partial charge in [0.05, 0.1) is 11.6 Å². The number of hydrogen-bond donors (Lipinski definition) is 1. The SMILES string of the molecule is C=CCC(CN(C)C(=O)c1cc(C#N)cc2ccccc12)c1ccc(F)cc1.C=CCC(CNC)c1ccc(F)cc1. The number of nitrogens with zero attached hydrogens (tertiary/aromatic N) is 2. The fraction of sp³-hybridized carbons (Fsp3) is 0.222. The Morgan fingerprint density at radius 1 is 0.905 bits per heavy atom. The van der Waals surface area contributed by atoms with E-state index in [1.807, 2.05) is 49.5 Å². The number of halogens is 2. The number of benzene rings is 4. The van der Waals surface area contributed by atoms with Gasteiger partial charge in [0.25, 0.3) is 5.91 Å². The lowest BCUT2D eigenvalue weighted by Gasteiger charge is -2.24. The molecule has 0 aromatic heterocycles. The Morgan fingerprint density at radius 2 is 1.45 bits per heavy atom. The van der Waals surface area contributed by atoms with E-state index in [2.05, 4.69) is 24.5 Å². The van der Waals surface area contributed by atoms with Gasteiger partial charge in [0.2, 0.25) is 0 Å². The van der Waals surface area contributed by atoms with Crippen LogP contribution in [-0.4, -0.2) is 38.0 Å². The van der Waals surface area contributed by atoms with E-state index in [1.165, 1.54) is 24.3 Å². The molecule has 1 N–H and O–H groups in total. The van der Waals surface area contributed by atoms with Crippen LogP contribution in [0.25, 0.3) is 10.8 Å². The fourth-order valence-electron chi connectivity index (χ4n) is 4.94. The predicted octanol–water partition coefficient (Wildman–Crippen LogP) is 7.99. The average molecular weight is 566 g/mol. The van der Waals surface area contributed by atoms with Gasteiger partial charge in [-0.1, -0.05) is 60.7 Å². The van der Waals surface area contributed by atoms with Crippen molar-refractivity contribution >= 4 is 16.7 Å². The van der Waals surface area contributed by atoms with Gasteiger partial charge >= 0.3 is 0 Å². The molecule has 0 aliphatic heterocycles. The smallest absolute Gasteiger partial charge is 0.254 e. The van der Waals surface area contributed by atoms with Crippen molar-refractivity contribution in [1.82, 2.24) is 10.2 Å². The van der Waals surface area contributed by atoms with Gasteiger partial charge < -0.3 is 10.2 Å². The second-order valence-electron chi connectivity index (χ2n) is 10.1. The number of likely N-dealkylation sites (N-methyl/N-ethyl adjacent to an activating group) is 2. The van der Waals surface area contributed by atoms with Gasteiger partial charge in [-0.25, -0.2) is 8.78 Å². The highest BCUT2D eigenvalue weighted by Gasteiger charge is 2.20. The van der Waals surface area contributed by atoms with Crippen LogP contribution in [0.3, 0.4) is 0 Å². The number of allylic oxidation sites excluding steroid dienone is 2. The molecule has 0 saturated heterocycles. The number of nitrogens with one attached hydrogen (secondary N) is 1. The quantitative estimate of drug-likeness (QED) is 0.188. The zero-order valence-corrected chi connectivity index (χ0v) is 24.2. The van der Waals surface area contributed by atoms with Crippen molar-refractivity contribution in [3.8, 4) is 6.07 Å². The van der Waals surface area contributed by atoms with Crippen molar-refractivity contribution in [1.29, 1.82) is 5.26 Å². The zero-order chi connectivity index (χ0) is 30.5. The monoisotopic (exact) mass is 565 g/mol. The summed E-state index contributed by atoms with van der Waals surface area (Å²) < 4.78 is 25.9. The van der Waals surface area contributed by atoms with Crippen LogP contribution in [0.1, 0.15) is 51.7 Å². The Morgan fingerprint density at radius 3 is 2.00 bits per heavy atom. The molecule has 2 unspecified atom stereocenters. The Labute approximate surface area is 247 Å². The van der Waals surface area contributed by atoms with Crippen LogP contribution >= 0.6 is 0 Å². The Balaban J connectivity index is 0.000000291. The van der Waals surface area contributed by atoms with Crippen molar-refractivity contribution in [2.75, 3.05) is 27.2 Å². The molecular formula is C36H37F2N3O. The average Bonchev–Trinajstić information content (AvgIpc) is 3.01. The summed E-state index contributed by atoms with van der Waals surface area (Å²) in [5.41, 5.74) is 3.07. The Bertz CT molecular complexity index is 1520. The summed E-state index contributed by atoms with van der Waals surface area (Å²) in [5, 5.41) is 14.1. The highest BCUT2D eigenvalue weighted by molar-refractivity contribution is 6.07. The molecule has 0 aliphatic rings. The zero-order valence-electron chi connectivity index (χ0n) is 24.2. The Hall–Kier alpha value is -4.60. The van der Waals surface area contributed by atoms with E-state index in [-0.39, 0.29) is 23.5 Å². The van der Waals surface area contributed by atoms with E-state index in [0.29, 0.717) is 30.0 Å². The summed E-state index contributed by atoms with van der Waals surface area (Å²) in [6.07, 6.45) is 5.28. The van der Waals surface area contributed by atoms with Gasteiger partial charge in [0.1, 0.15) is 11.6 Å². The van der Waals surface area contributed by atoms with E-state index >= 15 is 0 Å². The molecule has 0 radical (unpaired) electrons. The summed E-state index contributed by atoms with van der Waals surface area (Å²) in [5.74, 6) is -0.221. The number of fused-ring (bicyclic) bond motifs is 1. The van der Waals surface area contributed by atoms with Gasteiger partial charge in [-0.15, -0.1) is 13.2 Å². The number of carbonyl (C=O) groups is 1. The minimum Gasteiger partial charge on any atom is -0.341 e. The molecule has 4 aromatic carbocycles. The summed E-state index contributed by atoms with van der Waals surface area (Å²) in [7, 11) is 3.66. The van der Waals surface area contributed by atoms with Crippen LogP contribution in [0.15, 0.2) is 110 Å². The number of rotatable bonds is 11. The van der Waals surface area contributed by atoms with Crippen molar-refractivity contribution < 1.29 is 13.6 Å². The van der Waals surface area contributed by atoms with E-state index in [0.717, 1.165) is 34.9 Å². The van der Waals surface area contributed by atoms with Gasteiger partial charge in [-0.3, -0.25) is 4.79 Å². The molecule has 0 aliphatic carbocycles. The topological polar surface area (TPSA) is 56.1 Å². The van der Waals surface area contributed by atoms with Gasteiger partial charge in [-0.2, -0.15) is 5.26 Å². The Kier molecular flexibility index (Phi) is 12.2. The molecule has 0 bridgehead atoms. The first-order valence-electron chi connectivity index (χ1n) is 13.9. The van der Waals surface area contributed by atoms with Crippen LogP contribution in [-0.2, 0) is 0 Å². The molecule has 6 heteroatoms. The molecule has 0 saturated carbocycles. The van der Waals surface area contributed by atoms with Crippen LogP contribution in [0, 0.1) is 23.0 Å². The highest BCUT2D eigenvalue weighted by atomic mass is 19.1. The molecule has 4 rings (SSSR count). The molecule has 0 spiro atoms. The van der Waals surface area contributed by atoms with Crippen molar-refractivity contribution in [2.24, 2.45) is 0 Å². The van der Waals surface area contributed by atoms with Gasteiger partial charge in [-0.05, 0) is 84.1 Å². The second-order valence-corrected chi connectivity index (χ2v) is 10.1. The molecule has 4 aromatic rings. The molecule has 2 atom stereocenters. The standard InChI is InChI=1S/C24H21FN2O.C12H16FN/c1-3-6-20(18-9-11-21(25)12-10-18)16-27(2)24(28)23-14-17(15-26)13-19-7-4-5-8-22(19)23;1-3-4-11(9-14-2)10-5-7-12(13)8-6-10/h3-5,7-14,20H,1,6,16H2,2H3;3,5-8,11,14H,1,4,9H2,2H3. The maximum atomic E-state index is 13.3. The number of hydrogen-bond acceptors (Lipinski definition) is 3. The molecule has 0 heterocycles. The minimum absolute atomic E-state index is 0.0115. The van der Waals surface area contributed by atoms with Crippen molar-refractivity contribution in [3.63, 3.8) is 0 Å². The lowest BCUT2D eigenvalue weighted by atomic mass is 9.94. The first kappa shape index (κ1) is 31.9. The fourth-order valence-corrected chi connectivity index (χ4v) is 4.94. The second kappa shape index (κ2) is 16.0. The van der Waals surface area contributed by atoms with E-state index in [4.69, 9.17) is 0 Å². The summed E-state index contributed by atoms with van der Waals surface area (Å²) in [6, 6.07) is 26.1. The molecule has 4 nitrogen and oxygen atoms in total. The molecule has 0 fully saturated rings.